The Morgan fingerprint density at radius 3 is 2.60 bits per heavy atom. The highest BCUT2D eigenvalue weighted by Gasteiger charge is 1.92. The Labute approximate surface area is 88.4 Å². The Hall–Kier alpha value is -2.03. The van der Waals surface area contributed by atoms with Crippen molar-refractivity contribution in [3.63, 3.8) is 0 Å². The second kappa shape index (κ2) is 4.46. The van der Waals surface area contributed by atoms with Crippen LogP contribution in [-0.4, -0.2) is 6.21 Å². The number of hydrogen-bond acceptors (Lipinski definition) is 3. The number of benzene rings is 1. The van der Waals surface area contributed by atoms with Gasteiger partial charge in [0.2, 0.25) is 0 Å². The smallest absolute Gasteiger partial charge is 0.147 e. The molecule has 0 spiro atoms. The van der Waals surface area contributed by atoms with Gasteiger partial charge in [0, 0.05) is 0 Å². The van der Waals surface area contributed by atoms with E-state index in [1.807, 2.05) is 49.4 Å². The van der Waals surface area contributed by atoms with Crippen molar-refractivity contribution >= 4 is 11.9 Å². The monoisotopic (exact) mass is 200 g/mol. The van der Waals surface area contributed by atoms with E-state index in [1.54, 1.807) is 6.21 Å². The van der Waals surface area contributed by atoms with Gasteiger partial charge in [-0.1, -0.05) is 18.2 Å². The van der Waals surface area contributed by atoms with E-state index in [4.69, 9.17) is 4.42 Å². The van der Waals surface area contributed by atoms with Crippen LogP contribution in [0.5, 0.6) is 0 Å². The molecule has 0 aliphatic rings. The molecular formula is C12H12N2O. The maximum absolute atomic E-state index is 5.33. The van der Waals surface area contributed by atoms with Crippen LogP contribution in [-0.2, 0) is 0 Å². The van der Waals surface area contributed by atoms with Gasteiger partial charge in [-0.3, -0.25) is 5.43 Å². The molecule has 0 saturated carbocycles. The summed E-state index contributed by atoms with van der Waals surface area (Å²) in [6, 6.07) is 13.6. The summed E-state index contributed by atoms with van der Waals surface area (Å²) in [5.74, 6) is 1.63. The second-order valence-corrected chi connectivity index (χ2v) is 3.18. The number of rotatable bonds is 3. The van der Waals surface area contributed by atoms with Gasteiger partial charge >= 0.3 is 0 Å². The average Bonchev–Trinajstić information content (AvgIpc) is 2.66. The van der Waals surface area contributed by atoms with Gasteiger partial charge in [0.1, 0.15) is 11.5 Å². The minimum atomic E-state index is 0.746. The standard InChI is InChI=1S/C12H12N2O/c1-10-7-8-12(15-10)9-13-14-11-5-3-2-4-6-11/h2-9,14H,1H3/b13-9-. The Kier molecular flexibility index (Phi) is 2.83. The number of aryl methyl sites for hydroxylation is 1. The lowest BCUT2D eigenvalue weighted by Gasteiger charge is -1.96. The number of nitrogens with one attached hydrogen (secondary N) is 1. The van der Waals surface area contributed by atoms with Gasteiger partial charge in [0.15, 0.2) is 0 Å². The van der Waals surface area contributed by atoms with E-state index < -0.39 is 0 Å². The average molecular weight is 200 g/mol. The van der Waals surface area contributed by atoms with Crippen molar-refractivity contribution in [2.45, 2.75) is 6.92 Å². The molecule has 0 fully saturated rings. The molecule has 2 aromatic rings. The normalized spacial score (nSPS) is 10.7. The van der Waals surface area contributed by atoms with E-state index in [2.05, 4.69) is 10.5 Å². The first-order valence-corrected chi connectivity index (χ1v) is 4.75. The minimum absolute atomic E-state index is 0.746. The molecular weight excluding hydrogens is 188 g/mol. The van der Waals surface area contributed by atoms with Crippen molar-refractivity contribution in [2.75, 3.05) is 5.43 Å². The molecule has 2 rings (SSSR count). The zero-order chi connectivity index (χ0) is 10.5. The fourth-order valence-corrected chi connectivity index (χ4v) is 1.21. The summed E-state index contributed by atoms with van der Waals surface area (Å²) in [6.45, 7) is 1.90. The Morgan fingerprint density at radius 1 is 1.13 bits per heavy atom. The molecule has 0 aliphatic carbocycles. The topological polar surface area (TPSA) is 37.5 Å². The van der Waals surface area contributed by atoms with Crippen molar-refractivity contribution in [3.8, 4) is 0 Å². The van der Waals surface area contributed by atoms with Crippen molar-refractivity contribution in [1.29, 1.82) is 0 Å². The van der Waals surface area contributed by atoms with Crippen LogP contribution in [0.15, 0.2) is 52.0 Å². The van der Waals surface area contributed by atoms with Gasteiger partial charge in [-0.25, -0.2) is 0 Å². The van der Waals surface area contributed by atoms with Crippen LogP contribution < -0.4 is 5.43 Å². The molecule has 1 N–H and O–H groups in total. The fourth-order valence-electron chi connectivity index (χ4n) is 1.21. The van der Waals surface area contributed by atoms with Gasteiger partial charge in [-0.2, -0.15) is 5.10 Å². The quantitative estimate of drug-likeness (QED) is 0.610. The lowest BCUT2D eigenvalue weighted by atomic mass is 10.3. The van der Waals surface area contributed by atoms with E-state index >= 15 is 0 Å². The van der Waals surface area contributed by atoms with Crippen LogP contribution >= 0.6 is 0 Å². The van der Waals surface area contributed by atoms with Gasteiger partial charge < -0.3 is 4.42 Å². The van der Waals surface area contributed by atoms with Gasteiger partial charge in [0.05, 0.1) is 11.9 Å². The van der Waals surface area contributed by atoms with Gasteiger partial charge in [-0.15, -0.1) is 0 Å². The molecule has 1 heterocycles. The molecule has 0 bridgehead atoms. The van der Waals surface area contributed by atoms with Crippen LogP contribution in [0.25, 0.3) is 0 Å². The maximum atomic E-state index is 5.33. The molecule has 0 saturated heterocycles. The van der Waals surface area contributed by atoms with Crippen molar-refractivity contribution in [1.82, 2.24) is 0 Å². The predicted molar refractivity (Wildman–Crippen MR) is 61.1 cm³/mol. The van der Waals surface area contributed by atoms with Crippen LogP contribution in [0.2, 0.25) is 0 Å². The highest BCUT2D eigenvalue weighted by atomic mass is 16.3. The van der Waals surface area contributed by atoms with Crippen molar-refractivity contribution < 1.29 is 4.42 Å². The first-order valence-electron chi connectivity index (χ1n) is 4.75. The Balaban J connectivity index is 1.96. The highest BCUT2D eigenvalue weighted by Crippen LogP contribution is 2.06. The van der Waals surface area contributed by atoms with Gasteiger partial charge in [-0.05, 0) is 31.2 Å². The molecule has 76 valence electrons. The number of furan rings is 1. The molecule has 15 heavy (non-hydrogen) atoms. The van der Waals surface area contributed by atoms with Crippen LogP contribution in [0.1, 0.15) is 11.5 Å². The highest BCUT2D eigenvalue weighted by molar-refractivity contribution is 5.76. The van der Waals surface area contributed by atoms with E-state index in [-0.39, 0.29) is 0 Å². The van der Waals surface area contributed by atoms with E-state index in [1.165, 1.54) is 0 Å². The zero-order valence-corrected chi connectivity index (χ0v) is 8.47. The van der Waals surface area contributed by atoms with Crippen LogP contribution in [0, 0.1) is 6.92 Å². The third kappa shape index (κ3) is 2.71. The third-order valence-corrected chi connectivity index (χ3v) is 1.92. The molecule has 1 aromatic heterocycles. The minimum Gasteiger partial charge on any atom is -0.460 e. The lowest BCUT2D eigenvalue weighted by Crippen LogP contribution is -1.88. The van der Waals surface area contributed by atoms with Crippen LogP contribution in [0.3, 0.4) is 0 Å². The number of hydrogen-bond donors (Lipinski definition) is 1. The first kappa shape index (κ1) is 9.52. The van der Waals surface area contributed by atoms with Crippen molar-refractivity contribution in [2.24, 2.45) is 5.10 Å². The van der Waals surface area contributed by atoms with Gasteiger partial charge in [0.25, 0.3) is 0 Å². The molecule has 0 amide bonds. The summed E-state index contributed by atoms with van der Waals surface area (Å²) >= 11 is 0. The fraction of sp³-hybridized carbons (Fsp3) is 0.0833. The van der Waals surface area contributed by atoms with E-state index in [9.17, 15) is 0 Å². The molecule has 0 unspecified atom stereocenters. The number of para-hydroxylation sites is 1. The largest absolute Gasteiger partial charge is 0.460 e. The summed E-state index contributed by atoms with van der Waals surface area (Å²) in [6.07, 6.45) is 1.65. The molecule has 3 heteroatoms. The summed E-state index contributed by atoms with van der Waals surface area (Å²) in [5, 5.41) is 4.06. The Bertz CT molecular complexity index is 446. The zero-order valence-electron chi connectivity index (χ0n) is 8.47. The molecule has 0 radical (unpaired) electrons. The molecule has 0 atom stereocenters. The van der Waals surface area contributed by atoms with Crippen molar-refractivity contribution in [3.05, 3.63) is 54.0 Å². The number of hydrazone groups is 1. The maximum Gasteiger partial charge on any atom is 0.147 e. The molecule has 0 aliphatic heterocycles. The Morgan fingerprint density at radius 2 is 1.93 bits per heavy atom. The first-order chi connectivity index (χ1) is 7.34. The lowest BCUT2D eigenvalue weighted by molar-refractivity contribution is 0.528. The second-order valence-electron chi connectivity index (χ2n) is 3.18. The molecule has 3 nitrogen and oxygen atoms in total. The summed E-state index contributed by atoms with van der Waals surface area (Å²) in [7, 11) is 0. The van der Waals surface area contributed by atoms with E-state index in [0.29, 0.717) is 0 Å². The summed E-state index contributed by atoms with van der Waals surface area (Å²) in [5.41, 5.74) is 3.87. The molecule has 1 aromatic carbocycles. The summed E-state index contributed by atoms with van der Waals surface area (Å²) < 4.78 is 5.33. The summed E-state index contributed by atoms with van der Waals surface area (Å²) in [4.78, 5) is 0. The SMILES string of the molecule is Cc1ccc(/C=N\Nc2ccccc2)o1. The van der Waals surface area contributed by atoms with Crippen LogP contribution in [0.4, 0.5) is 5.69 Å². The number of anilines is 1. The number of nitrogens with zero attached hydrogens (tertiary/aromatic N) is 1. The third-order valence-electron chi connectivity index (χ3n) is 1.92. The predicted octanol–water partition coefficient (Wildman–Crippen LogP) is 3.03. The van der Waals surface area contributed by atoms with E-state index in [0.717, 1.165) is 17.2 Å².